The molecule has 1 fully saturated rings. The van der Waals surface area contributed by atoms with Crippen molar-refractivity contribution in [3.05, 3.63) is 85.1 Å². The van der Waals surface area contributed by atoms with Gasteiger partial charge in [-0.05, 0) is 83.5 Å². The van der Waals surface area contributed by atoms with Gasteiger partial charge in [-0.1, -0.05) is 247 Å². The van der Waals surface area contributed by atoms with Crippen LogP contribution in [0, 0.1) is 0 Å². The van der Waals surface area contributed by atoms with Crippen molar-refractivity contribution in [3.8, 4) is 0 Å². The Morgan fingerprint density at radius 1 is 0.539 bits per heavy atom. The first-order valence-electron chi connectivity index (χ1n) is 30.9. The van der Waals surface area contributed by atoms with E-state index in [4.69, 9.17) is 14.2 Å². The highest BCUT2D eigenvalue weighted by molar-refractivity contribution is 5.80. The summed E-state index contributed by atoms with van der Waals surface area (Å²) in [5.74, 6) is -1.22. The number of hydrogen-bond acceptors (Lipinski definition) is 10. The molecule has 0 spiro atoms. The molecule has 0 bridgehead atoms. The standard InChI is InChI=1S/C65H113NO10/c1-4-7-10-13-16-19-22-25-27-28-29-30-31-33-34-37-40-43-46-49-52-58(69)64(73)66-56(57(68)51-48-45-42-39-36-24-21-18-15-12-9-6-3)55-74-65-63(62(72)61(71)59(54-67)75-65)76-60(70)53-50-47-44-41-38-35-32-26-23-20-17-14-11-8-5-2/h8,11,14,16-17,19-20,23,25,27,29-30,48,51,56-59,61-63,65,67-69,71-72H,4-7,9-10,12-13,15,18,21-22,24,26,28,31-47,49-50,52-55H2,1-3H3,(H,66,73)/b11-8+,17-14+,19-16-,23-20+,27-25-,30-29-,51-48+. The van der Waals surface area contributed by atoms with Crippen LogP contribution in [0.3, 0.4) is 0 Å². The lowest BCUT2D eigenvalue weighted by Crippen LogP contribution is -2.61. The summed E-state index contributed by atoms with van der Waals surface area (Å²) in [5, 5.41) is 57.0. The van der Waals surface area contributed by atoms with Gasteiger partial charge >= 0.3 is 5.97 Å². The number of amides is 1. The molecule has 8 unspecified atom stereocenters. The molecule has 1 amide bonds. The molecular weight excluding hydrogens is 955 g/mol. The van der Waals surface area contributed by atoms with E-state index in [2.05, 4.69) is 92.9 Å². The van der Waals surface area contributed by atoms with Crippen molar-refractivity contribution in [1.29, 1.82) is 0 Å². The Morgan fingerprint density at radius 3 is 1.55 bits per heavy atom. The van der Waals surface area contributed by atoms with E-state index in [9.17, 15) is 35.1 Å². The molecule has 1 rings (SSSR count). The summed E-state index contributed by atoms with van der Waals surface area (Å²) in [6.07, 6.45) is 57.6. The highest BCUT2D eigenvalue weighted by Crippen LogP contribution is 2.26. The van der Waals surface area contributed by atoms with Crippen molar-refractivity contribution in [3.63, 3.8) is 0 Å². The molecule has 0 saturated carbocycles. The predicted octanol–water partition coefficient (Wildman–Crippen LogP) is 14.6. The minimum Gasteiger partial charge on any atom is -0.454 e. The topological polar surface area (TPSA) is 175 Å². The molecule has 0 aliphatic carbocycles. The third-order valence-corrected chi connectivity index (χ3v) is 14.1. The Kier molecular flexibility index (Phi) is 49.0. The van der Waals surface area contributed by atoms with Gasteiger partial charge in [-0.25, -0.2) is 0 Å². The van der Waals surface area contributed by atoms with Gasteiger partial charge in [-0.3, -0.25) is 9.59 Å². The molecule has 0 aromatic heterocycles. The van der Waals surface area contributed by atoms with E-state index >= 15 is 0 Å². The van der Waals surface area contributed by atoms with E-state index in [1.807, 2.05) is 12.2 Å². The number of carbonyl (C=O) groups excluding carboxylic acids is 2. The number of allylic oxidation sites excluding steroid dienone is 13. The van der Waals surface area contributed by atoms with Gasteiger partial charge in [0.1, 0.15) is 24.4 Å². The zero-order chi connectivity index (χ0) is 55.4. The van der Waals surface area contributed by atoms with Crippen LogP contribution in [0.5, 0.6) is 0 Å². The summed E-state index contributed by atoms with van der Waals surface area (Å²) < 4.78 is 17.6. The summed E-state index contributed by atoms with van der Waals surface area (Å²) in [6, 6.07) is -1.03. The number of carbonyl (C=O) groups is 2. The van der Waals surface area contributed by atoms with Crippen LogP contribution in [0.15, 0.2) is 85.1 Å². The van der Waals surface area contributed by atoms with E-state index < -0.39 is 67.4 Å². The van der Waals surface area contributed by atoms with Crippen LogP contribution in [-0.4, -0.2) is 99.6 Å². The monoisotopic (exact) mass is 1070 g/mol. The first kappa shape index (κ1) is 70.9. The van der Waals surface area contributed by atoms with Gasteiger partial charge < -0.3 is 45.1 Å². The second-order valence-corrected chi connectivity index (χ2v) is 21.1. The third kappa shape index (κ3) is 40.1. The Balaban J connectivity index is 2.69. The summed E-state index contributed by atoms with van der Waals surface area (Å²) in [4.78, 5) is 26.5. The number of esters is 1. The van der Waals surface area contributed by atoms with E-state index in [0.717, 1.165) is 116 Å². The van der Waals surface area contributed by atoms with Gasteiger partial charge in [0.2, 0.25) is 5.91 Å². The molecule has 6 N–H and O–H groups in total. The second-order valence-electron chi connectivity index (χ2n) is 21.1. The predicted molar refractivity (Wildman–Crippen MR) is 315 cm³/mol. The highest BCUT2D eigenvalue weighted by Gasteiger charge is 2.47. The molecular formula is C65H113NO10. The average Bonchev–Trinajstić information content (AvgIpc) is 3.42. The van der Waals surface area contributed by atoms with E-state index in [1.165, 1.54) is 89.9 Å². The van der Waals surface area contributed by atoms with Crippen molar-refractivity contribution >= 4 is 11.9 Å². The first-order chi connectivity index (χ1) is 37.2. The fraction of sp³-hybridized carbons (Fsp3) is 0.754. The van der Waals surface area contributed by atoms with Gasteiger partial charge in [0, 0.05) is 6.42 Å². The molecule has 11 heteroatoms. The number of ether oxygens (including phenoxy) is 3. The largest absolute Gasteiger partial charge is 0.454 e. The zero-order valence-corrected chi connectivity index (χ0v) is 48.3. The summed E-state index contributed by atoms with van der Waals surface area (Å²) >= 11 is 0. The molecule has 0 aromatic carbocycles. The van der Waals surface area contributed by atoms with Crippen molar-refractivity contribution < 1.29 is 49.3 Å². The van der Waals surface area contributed by atoms with Crippen molar-refractivity contribution in [2.45, 2.75) is 301 Å². The first-order valence-corrected chi connectivity index (χ1v) is 30.9. The second kappa shape index (κ2) is 52.5. The third-order valence-electron chi connectivity index (χ3n) is 14.1. The van der Waals surface area contributed by atoms with E-state index in [0.29, 0.717) is 12.8 Å². The Labute approximate surface area is 463 Å². The summed E-state index contributed by atoms with van der Waals surface area (Å²) in [7, 11) is 0. The normalized spacial score (nSPS) is 19.7. The Morgan fingerprint density at radius 2 is 1.00 bits per heavy atom. The fourth-order valence-electron chi connectivity index (χ4n) is 9.19. The molecule has 1 aliphatic rings. The van der Waals surface area contributed by atoms with Gasteiger partial charge in [0.05, 0.1) is 25.4 Å². The molecule has 8 atom stereocenters. The van der Waals surface area contributed by atoms with Crippen LogP contribution < -0.4 is 5.32 Å². The van der Waals surface area contributed by atoms with Gasteiger partial charge in [-0.15, -0.1) is 0 Å². The number of aliphatic hydroxyl groups excluding tert-OH is 5. The lowest BCUT2D eigenvalue weighted by Gasteiger charge is -2.41. The molecule has 11 nitrogen and oxygen atoms in total. The molecule has 1 aliphatic heterocycles. The number of unbranched alkanes of at least 4 members (excludes halogenated alkanes) is 27. The Bertz CT molecular complexity index is 1560. The smallest absolute Gasteiger partial charge is 0.306 e. The zero-order valence-electron chi connectivity index (χ0n) is 48.3. The highest BCUT2D eigenvalue weighted by atomic mass is 16.7. The fourth-order valence-corrected chi connectivity index (χ4v) is 9.19. The summed E-state index contributed by atoms with van der Waals surface area (Å²) in [6.45, 7) is 5.61. The maximum absolute atomic E-state index is 13.4. The van der Waals surface area contributed by atoms with Crippen LogP contribution in [-0.2, 0) is 23.8 Å². The van der Waals surface area contributed by atoms with Gasteiger partial charge in [0.25, 0.3) is 0 Å². The maximum Gasteiger partial charge on any atom is 0.306 e. The average molecular weight is 1070 g/mol. The van der Waals surface area contributed by atoms with Gasteiger partial charge in [0.15, 0.2) is 12.4 Å². The van der Waals surface area contributed by atoms with Crippen molar-refractivity contribution in [2.75, 3.05) is 13.2 Å². The van der Waals surface area contributed by atoms with Crippen LogP contribution in [0.25, 0.3) is 0 Å². The number of aliphatic hydroxyl groups is 5. The molecule has 0 radical (unpaired) electrons. The summed E-state index contributed by atoms with van der Waals surface area (Å²) in [5.41, 5.74) is 0. The molecule has 0 aromatic rings. The van der Waals surface area contributed by atoms with Crippen LogP contribution in [0.4, 0.5) is 0 Å². The van der Waals surface area contributed by atoms with E-state index in [1.54, 1.807) is 6.08 Å². The van der Waals surface area contributed by atoms with Crippen molar-refractivity contribution in [1.82, 2.24) is 5.32 Å². The van der Waals surface area contributed by atoms with Crippen LogP contribution in [0.2, 0.25) is 0 Å². The Hall–Kier alpha value is -3.16. The molecule has 1 heterocycles. The van der Waals surface area contributed by atoms with Gasteiger partial charge in [-0.2, -0.15) is 0 Å². The van der Waals surface area contributed by atoms with Crippen molar-refractivity contribution in [2.24, 2.45) is 0 Å². The van der Waals surface area contributed by atoms with Crippen LogP contribution in [0.1, 0.15) is 252 Å². The minimum absolute atomic E-state index is 0.106. The minimum atomic E-state index is -1.62. The molecule has 1 saturated heterocycles. The van der Waals surface area contributed by atoms with Crippen LogP contribution >= 0.6 is 0 Å². The number of hydrogen-bond donors (Lipinski definition) is 6. The lowest BCUT2D eigenvalue weighted by molar-refractivity contribution is -0.305. The van der Waals surface area contributed by atoms with E-state index in [-0.39, 0.29) is 19.4 Å². The molecule has 76 heavy (non-hydrogen) atoms. The maximum atomic E-state index is 13.4. The molecule has 438 valence electrons. The number of nitrogens with one attached hydrogen (secondary N) is 1. The quantitative estimate of drug-likeness (QED) is 0.0149. The SMILES string of the molecule is CC/C=C/C=C/C=C/CCCCCCCCCC(=O)OC1C(OCC(NC(=O)C(O)CCCCCCCCC/C=C\C/C=C\C/C=C\CCCCC)C(O)/C=C/CCCCCCCCCCCC)OC(CO)C(O)C1O. The lowest BCUT2D eigenvalue weighted by atomic mass is 9.99. The number of rotatable bonds is 51.